The molecule has 4 atom stereocenters. The van der Waals surface area contributed by atoms with E-state index in [-0.39, 0.29) is 12.0 Å². The maximum atomic E-state index is 12.7. The molecule has 0 radical (unpaired) electrons. The van der Waals surface area contributed by atoms with Gasteiger partial charge >= 0.3 is 0 Å². The quantitative estimate of drug-likeness (QED) is 0.833. The summed E-state index contributed by atoms with van der Waals surface area (Å²) in [5.74, 6) is 1.74. The summed E-state index contributed by atoms with van der Waals surface area (Å²) < 4.78 is 11.3. The lowest BCUT2D eigenvalue weighted by atomic mass is 9.90. The van der Waals surface area contributed by atoms with E-state index in [1.807, 2.05) is 12.1 Å². The molecule has 1 amide bonds. The van der Waals surface area contributed by atoms with Gasteiger partial charge in [-0.2, -0.15) is 0 Å². The first kappa shape index (κ1) is 12.5. The predicted octanol–water partition coefficient (Wildman–Crippen LogP) is 2.55. The Morgan fingerprint density at radius 1 is 1.30 bits per heavy atom. The average Bonchev–Trinajstić information content (AvgIpc) is 3.11. The summed E-state index contributed by atoms with van der Waals surface area (Å²) in [7, 11) is 0. The second-order valence-electron chi connectivity index (χ2n) is 6.26. The zero-order chi connectivity index (χ0) is 13.5. The summed E-state index contributed by atoms with van der Waals surface area (Å²) in [5, 5.41) is 0. The third kappa shape index (κ3) is 2.06. The van der Waals surface area contributed by atoms with Crippen molar-refractivity contribution in [2.24, 2.45) is 5.92 Å². The van der Waals surface area contributed by atoms with Crippen LogP contribution < -0.4 is 0 Å². The summed E-state index contributed by atoms with van der Waals surface area (Å²) in [6.07, 6.45) is 7.60. The average molecular weight is 275 g/mol. The fourth-order valence-electron chi connectivity index (χ4n) is 3.87. The fourth-order valence-corrected chi connectivity index (χ4v) is 3.87. The molecule has 0 bridgehead atoms. The second kappa shape index (κ2) is 4.92. The van der Waals surface area contributed by atoms with Gasteiger partial charge in [-0.25, -0.2) is 0 Å². The van der Waals surface area contributed by atoms with Gasteiger partial charge in [-0.15, -0.1) is 0 Å². The number of nitrogens with zero attached hydrogens (tertiary/aromatic N) is 1. The van der Waals surface area contributed by atoms with Crippen LogP contribution in [0.25, 0.3) is 0 Å². The molecule has 4 rings (SSSR count). The molecule has 0 unspecified atom stereocenters. The van der Waals surface area contributed by atoms with Crippen molar-refractivity contribution in [3.63, 3.8) is 0 Å². The molecule has 108 valence electrons. The van der Waals surface area contributed by atoms with E-state index >= 15 is 0 Å². The second-order valence-corrected chi connectivity index (χ2v) is 6.26. The highest BCUT2D eigenvalue weighted by Gasteiger charge is 2.50. The summed E-state index contributed by atoms with van der Waals surface area (Å²) in [5.41, 5.74) is 0. The molecule has 0 spiro atoms. The maximum absolute atomic E-state index is 12.7. The van der Waals surface area contributed by atoms with Gasteiger partial charge < -0.3 is 14.1 Å². The van der Waals surface area contributed by atoms with Crippen molar-refractivity contribution in [1.82, 2.24) is 4.90 Å². The van der Waals surface area contributed by atoms with Crippen molar-refractivity contribution >= 4 is 5.91 Å². The Hall–Kier alpha value is -1.29. The van der Waals surface area contributed by atoms with Gasteiger partial charge in [-0.3, -0.25) is 4.79 Å². The van der Waals surface area contributed by atoms with Crippen LogP contribution in [0, 0.1) is 5.92 Å². The Morgan fingerprint density at radius 2 is 2.20 bits per heavy atom. The first-order chi connectivity index (χ1) is 9.84. The zero-order valence-corrected chi connectivity index (χ0v) is 11.7. The monoisotopic (exact) mass is 275 g/mol. The van der Waals surface area contributed by atoms with E-state index in [0.29, 0.717) is 24.5 Å². The van der Waals surface area contributed by atoms with Crippen molar-refractivity contribution in [3.8, 4) is 0 Å². The van der Waals surface area contributed by atoms with Crippen LogP contribution in [-0.2, 0) is 9.53 Å². The number of morpholine rings is 1. The van der Waals surface area contributed by atoms with E-state index in [4.69, 9.17) is 9.15 Å². The van der Waals surface area contributed by atoms with Crippen LogP contribution >= 0.6 is 0 Å². The van der Waals surface area contributed by atoms with Crippen molar-refractivity contribution < 1.29 is 13.9 Å². The molecular formula is C16H21NO3. The summed E-state index contributed by atoms with van der Waals surface area (Å²) in [6, 6.07) is 4.21. The number of ether oxygens (including phenoxy) is 1. The first-order valence-corrected chi connectivity index (χ1v) is 7.80. The van der Waals surface area contributed by atoms with Gasteiger partial charge in [-0.05, 0) is 31.4 Å². The number of hydrogen-bond acceptors (Lipinski definition) is 3. The minimum atomic E-state index is 0.141. The summed E-state index contributed by atoms with van der Waals surface area (Å²) >= 11 is 0. The molecule has 4 nitrogen and oxygen atoms in total. The van der Waals surface area contributed by atoms with Gasteiger partial charge in [-0.1, -0.05) is 12.8 Å². The minimum absolute atomic E-state index is 0.141. The van der Waals surface area contributed by atoms with Crippen LogP contribution in [0.1, 0.15) is 43.8 Å². The Bertz CT molecular complexity index is 482. The largest absolute Gasteiger partial charge is 0.469 e. The predicted molar refractivity (Wildman–Crippen MR) is 73.3 cm³/mol. The Balaban J connectivity index is 1.46. The van der Waals surface area contributed by atoms with Gasteiger partial charge in [0.2, 0.25) is 5.91 Å². The topological polar surface area (TPSA) is 42.7 Å². The molecule has 0 aromatic carbocycles. The molecular weight excluding hydrogens is 254 g/mol. The van der Waals surface area contributed by atoms with Crippen molar-refractivity contribution in [2.75, 3.05) is 13.2 Å². The molecule has 1 aromatic heterocycles. The van der Waals surface area contributed by atoms with E-state index in [9.17, 15) is 4.79 Å². The number of carbonyl (C=O) groups excluding carboxylic acids is 1. The Kier molecular flexibility index (Phi) is 3.06. The van der Waals surface area contributed by atoms with Crippen LogP contribution in [0.2, 0.25) is 0 Å². The van der Waals surface area contributed by atoms with Crippen LogP contribution in [0.15, 0.2) is 22.8 Å². The van der Waals surface area contributed by atoms with Gasteiger partial charge in [0, 0.05) is 18.4 Å². The van der Waals surface area contributed by atoms with Crippen LogP contribution in [0.5, 0.6) is 0 Å². The van der Waals surface area contributed by atoms with E-state index in [1.165, 1.54) is 12.8 Å². The highest BCUT2D eigenvalue weighted by atomic mass is 16.5. The van der Waals surface area contributed by atoms with Gasteiger partial charge in [0.1, 0.15) is 5.76 Å². The normalized spacial score (nSPS) is 36.5. The lowest BCUT2D eigenvalue weighted by Gasteiger charge is -2.44. The number of furan rings is 1. The molecule has 2 heterocycles. The fraction of sp³-hybridized carbons (Fsp3) is 0.688. The molecule has 0 N–H and O–H groups in total. The third-order valence-corrected chi connectivity index (χ3v) is 5.03. The SMILES string of the molecule is O=C([C@@H]1C[C@@H]1c1ccco1)N1CCO[C@H]2CCCC[C@@H]21. The Labute approximate surface area is 119 Å². The lowest BCUT2D eigenvalue weighted by molar-refractivity contribution is -0.151. The lowest BCUT2D eigenvalue weighted by Crippen LogP contribution is -2.55. The molecule has 2 saturated carbocycles. The summed E-state index contributed by atoms with van der Waals surface area (Å²) in [6.45, 7) is 1.46. The van der Waals surface area contributed by atoms with Gasteiger partial charge in [0.05, 0.1) is 25.0 Å². The van der Waals surface area contributed by atoms with E-state index in [2.05, 4.69) is 4.90 Å². The Morgan fingerprint density at radius 3 is 3.05 bits per heavy atom. The molecule has 1 aliphatic heterocycles. The molecule has 3 aliphatic rings. The van der Waals surface area contributed by atoms with Crippen molar-refractivity contribution in [2.45, 2.75) is 50.2 Å². The third-order valence-electron chi connectivity index (χ3n) is 5.03. The molecule has 2 aliphatic carbocycles. The number of carbonyl (C=O) groups is 1. The number of rotatable bonds is 2. The van der Waals surface area contributed by atoms with Gasteiger partial charge in [0.15, 0.2) is 0 Å². The molecule has 4 heteroatoms. The molecule has 3 fully saturated rings. The molecule has 1 saturated heterocycles. The number of fused-ring (bicyclic) bond motifs is 1. The highest BCUT2D eigenvalue weighted by molar-refractivity contribution is 5.83. The highest BCUT2D eigenvalue weighted by Crippen LogP contribution is 2.49. The zero-order valence-electron chi connectivity index (χ0n) is 11.7. The van der Waals surface area contributed by atoms with Crippen LogP contribution in [0.3, 0.4) is 0 Å². The maximum Gasteiger partial charge on any atom is 0.226 e. The smallest absolute Gasteiger partial charge is 0.226 e. The summed E-state index contributed by atoms with van der Waals surface area (Å²) in [4.78, 5) is 14.9. The van der Waals surface area contributed by atoms with Crippen LogP contribution in [-0.4, -0.2) is 36.1 Å². The minimum Gasteiger partial charge on any atom is -0.469 e. The van der Waals surface area contributed by atoms with Crippen molar-refractivity contribution in [3.05, 3.63) is 24.2 Å². The number of hydrogen-bond donors (Lipinski definition) is 0. The van der Waals surface area contributed by atoms with Crippen LogP contribution in [0.4, 0.5) is 0 Å². The van der Waals surface area contributed by atoms with E-state index < -0.39 is 0 Å². The molecule has 1 aromatic rings. The standard InChI is InChI=1S/C16H21NO3/c18-16(12-10-11(12)14-6-3-8-19-14)17-7-9-20-15-5-2-1-4-13(15)17/h3,6,8,11-13,15H,1-2,4-5,7,9-10H2/t11-,12+,13-,15-/m0/s1. The molecule has 20 heavy (non-hydrogen) atoms. The van der Waals surface area contributed by atoms with Crippen molar-refractivity contribution in [1.29, 1.82) is 0 Å². The van der Waals surface area contributed by atoms with E-state index in [1.54, 1.807) is 6.26 Å². The first-order valence-electron chi connectivity index (χ1n) is 7.80. The van der Waals surface area contributed by atoms with Gasteiger partial charge in [0.25, 0.3) is 0 Å². The number of amides is 1. The van der Waals surface area contributed by atoms with E-state index in [0.717, 1.165) is 31.6 Å².